The van der Waals surface area contributed by atoms with E-state index in [9.17, 15) is 10.4 Å². The summed E-state index contributed by atoms with van der Waals surface area (Å²) in [6.07, 6.45) is 6.11. The van der Waals surface area contributed by atoms with Crippen molar-refractivity contribution in [2.45, 2.75) is 32.1 Å². The minimum atomic E-state index is 0.122. The van der Waals surface area contributed by atoms with E-state index in [1.165, 1.54) is 19.3 Å². The van der Waals surface area contributed by atoms with Gasteiger partial charge in [-0.25, -0.2) is 4.98 Å². The van der Waals surface area contributed by atoms with Gasteiger partial charge in [0.25, 0.3) is 0 Å². The van der Waals surface area contributed by atoms with Gasteiger partial charge in [-0.3, -0.25) is 4.90 Å². The molecule has 1 aliphatic heterocycles. The van der Waals surface area contributed by atoms with Gasteiger partial charge in [0, 0.05) is 7.05 Å². The third kappa shape index (κ3) is 3.44. The average molecular weight is 324 g/mol. The van der Waals surface area contributed by atoms with E-state index in [0.717, 1.165) is 37.0 Å². The molecule has 0 saturated carbocycles. The lowest BCUT2D eigenvalue weighted by atomic mass is 10.1. The number of para-hydroxylation sites is 2. The third-order valence-electron chi connectivity index (χ3n) is 4.73. The average Bonchev–Trinajstić information content (AvgIpc) is 2.88. The van der Waals surface area contributed by atoms with Crippen molar-refractivity contribution in [3.63, 3.8) is 0 Å². The van der Waals surface area contributed by atoms with E-state index in [2.05, 4.69) is 16.0 Å². The maximum absolute atomic E-state index is 10.6. The lowest BCUT2D eigenvalue weighted by molar-refractivity contribution is 0.231. The molecule has 0 aliphatic carbocycles. The largest absolute Gasteiger partial charge is 0.509 e. The molecule has 2 aromatic rings. The molecule has 3 rings (SSSR count). The number of rotatable bonds is 3. The number of benzene rings is 1. The van der Waals surface area contributed by atoms with Crippen LogP contribution in [0.25, 0.3) is 16.6 Å². The maximum Gasteiger partial charge on any atom is 0.155 e. The Morgan fingerprint density at radius 1 is 1.17 bits per heavy atom. The number of fused-ring (bicyclic) bond motifs is 1. The molecule has 24 heavy (non-hydrogen) atoms. The van der Waals surface area contributed by atoms with Crippen LogP contribution in [-0.2, 0) is 7.05 Å². The SMILES string of the molecule is Cn1c(/C(C#N)=C(\O)CN2CCCCCCC2)nc2ccccc21. The van der Waals surface area contributed by atoms with Gasteiger partial charge in [0.05, 0.1) is 17.6 Å². The van der Waals surface area contributed by atoms with E-state index < -0.39 is 0 Å². The van der Waals surface area contributed by atoms with E-state index in [1.807, 2.05) is 35.9 Å². The zero-order chi connectivity index (χ0) is 16.9. The van der Waals surface area contributed by atoms with Crippen LogP contribution in [0.1, 0.15) is 37.9 Å². The lowest BCUT2D eigenvalue weighted by Crippen LogP contribution is -2.29. The number of aliphatic hydroxyl groups excluding tert-OH is 1. The number of nitrogens with zero attached hydrogens (tertiary/aromatic N) is 4. The Morgan fingerprint density at radius 2 is 1.83 bits per heavy atom. The highest BCUT2D eigenvalue weighted by molar-refractivity contribution is 5.83. The van der Waals surface area contributed by atoms with Crippen molar-refractivity contribution in [2.75, 3.05) is 19.6 Å². The number of aromatic nitrogens is 2. The standard InChI is InChI=1S/C19H24N4O/c1-22-17-10-6-5-9-16(17)21-19(22)15(13-20)18(24)14-23-11-7-3-2-4-8-12-23/h5-6,9-10,24H,2-4,7-8,11-12,14H2,1H3/b18-15-. The van der Waals surface area contributed by atoms with Crippen LogP contribution in [0.3, 0.4) is 0 Å². The highest BCUT2D eigenvalue weighted by Crippen LogP contribution is 2.22. The minimum Gasteiger partial charge on any atom is -0.509 e. The molecule has 0 spiro atoms. The van der Waals surface area contributed by atoms with Gasteiger partial charge in [0.15, 0.2) is 5.82 Å². The van der Waals surface area contributed by atoms with Gasteiger partial charge in [0.1, 0.15) is 17.4 Å². The Hall–Kier alpha value is -2.32. The van der Waals surface area contributed by atoms with Crippen LogP contribution in [0.15, 0.2) is 30.0 Å². The highest BCUT2D eigenvalue weighted by atomic mass is 16.3. The number of aryl methyl sites for hydroxylation is 1. The summed E-state index contributed by atoms with van der Waals surface area (Å²) in [6.45, 7) is 2.38. The van der Waals surface area contributed by atoms with Crippen molar-refractivity contribution in [3.8, 4) is 6.07 Å². The quantitative estimate of drug-likeness (QED) is 0.691. The molecule has 126 valence electrons. The van der Waals surface area contributed by atoms with Crippen LogP contribution in [0.4, 0.5) is 0 Å². The Balaban J connectivity index is 1.88. The summed E-state index contributed by atoms with van der Waals surface area (Å²) < 4.78 is 1.87. The zero-order valence-corrected chi connectivity index (χ0v) is 14.2. The Bertz CT molecular complexity index is 776. The van der Waals surface area contributed by atoms with Crippen LogP contribution in [0.5, 0.6) is 0 Å². The number of hydrogen-bond acceptors (Lipinski definition) is 4. The van der Waals surface area contributed by atoms with Gasteiger partial charge in [-0.1, -0.05) is 31.4 Å². The molecule has 0 bridgehead atoms. The summed E-state index contributed by atoms with van der Waals surface area (Å²) >= 11 is 0. The van der Waals surface area contributed by atoms with Crippen molar-refractivity contribution >= 4 is 16.6 Å². The van der Waals surface area contributed by atoms with Crippen molar-refractivity contribution in [2.24, 2.45) is 7.05 Å². The van der Waals surface area contributed by atoms with E-state index in [0.29, 0.717) is 12.4 Å². The highest BCUT2D eigenvalue weighted by Gasteiger charge is 2.18. The second-order valence-corrected chi connectivity index (χ2v) is 6.46. The fourth-order valence-electron chi connectivity index (χ4n) is 3.37. The molecule has 0 unspecified atom stereocenters. The van der Waals surface area contributed by atoms with Crippen LogP contribution in [-0.4, -0.2) is 39.2 Å². The molecule has 1 aliphatic rings. The summed E-state index contributed by atoms with van der Waals surface area (Å²) in [5.41, 5.74) is 2.07. The van der Waals surface area contributed by atoms with Crippen molar-refractivity contribution in [3.05, 3.63) is 35.8 Å². The van der Waals surface area contributed by atoms with Crippen LogP contribution < -0.4 is 0 Å². The molecule has 1 saturated heterocycles. The van der Waals surface area contributed by atoms with E-state index in [4.69, 9.17) is 0 Å². The van der Waals surface area contributed by atoms with Gasteiger partial charge in [0.2, 0.25) is 0 Å². The molecular weight excluding hydrogens is 300 g/mol. The fourth-order valence-corrected chi connectivity index (χ4v) is 3.37. The molecule has 1 N–H and O–H groups in total. The summed E-state index contributed by atoms with van der Waals surface area (Å²) in [5, 5.41) is 20.2. The molecule has 0 amide bonds. The van der Waals surface area contributed by atoms with E-state index >= 15 is 0 Å². The summed E-state index contributed by atoms with van der Waals surface area (Å²) in [5.74, 6) is 0.653. The smallest absolute Gasteiger partial charge is 0.155 e. The minimum absolute atomic E-state index is 0.122. The molecule has 2 heterocycles. The number of nitriles is 1. The molecular formula is C19H24N4O. The lowest BCUT2D eigenvalue weighted by Gasteiger charge is -2.24. The zero-order valence-electron chi connectivity index (χ0n) is 14.2. The monoisotopic (exact) mass is 324 g/mol. The van der Waals surface area contributed by atoms with Crippen molar-refractivity contribution in [1.82, 2.24) is 14.5 Å². The number of imidazole rings is 1. The third-order valence-corrected chi connectivity index (χ3v) is 4.73. The second-order valence-electron chi connectivity index (χ2n) is 6.46. The molecule has 5 nitrogen and oxygen atoms in total. The Morgan fingerprint density at radius 3 is 2.50 bits per heavy atom. The predicted molar refractivity (Wildman–Crippen MR) is 95.4 cm³/mol. The first-order chi connectivity index (χ1) is 11.7. The summed E-state index contributed by atoms with van der Waals surface area (Å²) in [4.78, 5) is 6.78. The van der Waals surface area contributed by atoms with Crippen molar-refractivity contribution in [1.29, 1.82) is 5.26 Å². The molecule has 5 heteroatoms. The molecule has 0 atom stereocenters. The van der Waals surface area contributed by atoms with E-state index in [-0.39, 0.29) is 11.3 Å². The first kappa shape index (κ1) is 16.5. The molecule has 1 aromatic carbocycles. The molecule has 1 aromatic heterocycles. The summed E-state index contributed by atoms with van der Waals surface area (Å²) in [6, 6.07) is 9.92. The van der Waals surface area contributed by atoms with Crippen LogP contribution in [0, 0.1) is 11.3 Å². The van der Waals surface area contributed by atoms with Crippen molar-refractivity contribution < 1.29 is 5.11 Å². The van der Waals surface area contributed by atoms with Gasteiger partial charge in [-0.2, -0.15) is 5.26 Å². The Labute approximate surface area is 142 Å². The molecule has 1 fully saturated rings. The number of aliphatic hydroxyl groups is 1. The Kier molecular flexibility index (Phi) is 5.17. The van der Waals surface area contributed by atoms with Gasteiger partial charge >= 0.3 is 0 Å². The molecule has 0 radical (unpaired) electrons. The first-order valence-corrected chi connectivity index (χ1v) is 8.67. The van der Waals surface area contributed by atoms with Gasteiger partial charge in [-0.05, 0) is 38.1 Å². The number of likely N-dealkylation sites (tertiary alicyclic amines) is 1. The topological polar surface area (TPSA) is 65.1 Å². The fraction of sp³-hybridized carbons (Fsp3) is 0.474. The van der Waals surface area contributed by atoms with E-state index in [1.54, 1.807) is 0 Å². The van der Waals surface area contributed by atoms with Crippen LogP contribution >= 0.6 is 0 Å². The predicted octanol–water partition coefficient (Wildman–Crippen LogP) is 3.63. The van der Waals surface area contributed by atoms with Gasteiger partial charge in [-0.15, -0.1) is 0 Å². The normalized spacial score (nSPS) is 17.8. The first-order valence-electron chi connectivity index (χ1n) is 8.67. The number of allylic oxidation sites excluding steroid dienone is 1. The second kappa shape index (κ2) is 7.50. The van der Waals surface area contributed by atoms with Crippen LogP contribution in [0.2, 0.25) is 0 Å². The number of hydrogen-bond donors (Lipinski definition) is 1. The maximum atomic E-state index is 10.6. The summed E-state index contributed by atoms with van der Waals surface area (Å²) in [7, 11) is 1.88. The van der Waals surface area contributed by atoms with Gasteiger partial charge < -0.3 is 9.67 Å².